The van der Waals surface area contributed by atoms with Gasteiger partial charge in [0.1, 0.15) is 11.6 Å². The van der Waals surface area contributed by atoms with E-state index in [9.17, 15) is 0 Å². The smallest absolute Gasteiger partial charge is 0.143 e. The van der Waals surface area contributed by atoms with E-state index in [2.05, 4.69) is 37.0 Å². The van der Waals surface area contributed by atoms with Crippen molar-refractivity contribution in [2.45, 2.75) is 26.2 Å². The minimum atomic E-state index is 0.319. The zero-order chi connectivity index (χ0) is 14.7. The molecule has 1 aromatic carbocycles. The van der Waals surface area contributed by atoms with Crippen LogP contribution in [0.1, 0.15) is 31.0 Å². The molecule has 0 amide bonds. The third kappa shape index (κ3) is 2.67. The molecule has 0 atom stereocenters. The molecule has 4 heteroatoms. The van der Waals surface area contributed by atoms with E-state index in [1.54, 1.807) is 7.11 Å². The van der Waals surface area contributed by atoms with Gasteiger partial charge in [-0.05, 0) is 23.6 Å². The summed E-state index contributed by atoms with van der Waals surface area (Å²) in [7, 11) is 3.59. The monoisotopic (exact) mass is 269 g/mol. The first kappa shape index (κ1) is 14.1. The lowest BCUT2D eigenvalue weighted by atomic mass is 10.00. The van der Waals surface area contributed by atoms with Crippen LogP contribution in [-0.2, 0) is 13.5 Å². The van der Waals surface area contributed by atoms with Gasteiger partial charge in [-0.1, -0.05) is 19.9 Å². The standard InChI is InChI=1S/C16H19N3O/c1-11(2)12-5-6-15(20-4)14(9-12)16-18-13(7-8-17)10-19(16)3/h5-6,9-11H,7H2,1-4H3. The Morgan fingerprint density at radius 1 is 1.40 bits per heavy atom. The van der Waals surface area contributed by atoms with Crippen molar-refractivity contribution in [2.24, 2.45) is 7.05 Å². The van der Waals surface area contributed by atoms with Crippen LogP contribution in [0, 0.1) is 11.3 Å². The highest BCUT2D eigenvalue weighted by molar-refractivity contribution is 5.66. The van der Waals surface area contributed by atoms with Gasteiger partial charge >= 0.3 is 0 Å². The predicted molar refractivity (Wildman–Crippen MR) is 78.6 cm³/mol. The Balaban J connectivity index is 2.55. The summed E-state index contributed by atoms with van der Waals surface area (Å²) in [6, 6.07) is 8.29. The molecule has 0 aliphatic heterocycles. The summed E-state index contributed by atoms with van der Waals surface area (Å²) >= 11 is 0. The Kier molecular flexibility index (Phi) is 4.09. The lowest BCUT2D eigenvalue weighted by Crippen LogP contribution is -1.97. The van der Waals surface area contributed by atoms with Crippen molar-refractivity contribution in [2.75, 3.05) is 7.11 Å². The normalized spacial score (nSPS) is 10.6. The number of benzene rings is 1. The number of methoxy groups -OCH3 is 1. The van der Waals surface area contributed by atoms with Crippen molar-refractivity contribution < 1.29 is 4.74 Å². The van der Waals surface area contributed by atoms with E-state index < -0.39 is 0 Å². The fourth-order valence-corrected chi connectivity index (χ4v) is 2.20. The number of ether oxygens (including phenoxy) is 1. The molecule has 1 aromatic heterocycles. The van der Waals surface area contributed by atoms with Gasteiger partial charge in [-0.25, -0.2) is 4.98 Å². The van der Waals surface area contributed by atoms with Gasteiger partial charge < -0.3 is 9.30 Å². The molecule has 0 aliphatic rings. The minimum Gasteiger partial charge on any atom is -0.496 e. The molecule has 104 valence electrons. The lowest BCUT2D eigenvalue weighted by Gasteiger charge is -2.12. The number of hydrogen-bond acceptors (Lipinski definition) is 3. The molecular weight excluding hydrogens is 250 g/mol. The van der Waals surface area contributed by atoms with Gasteiger partial charge in [0, 0.05) is 13.2 Å². The van der Waals surface area contributed by atoms with Crippen molar-refractivity contribution in [3.8, 4) is 23.2 Å². The Labute approximate surface area is 119 Å². The summed E-state index contributed by atoms with van der Waals surface area (Å²) in [5.41, 5.74) is 2.98. The zero-order valence-electron chi connectivity index (χ0n) is 12.3. The van der Waals surface area contributed by atoms with E-state index in [1.807, 2.05) is 23.9 Å². The van der Waals surface area contributed by atoms with E-state index >= 15 is 0 Å². The second-order valence-corrected chi connectivity index (χ2v) is 5.12. The van der Waals surface area contributed by atoms with Crippen LogP contribution in [0.5, 0.6) is 5.75 Å². The van der Waals surface area contributed by atoms with Gasteiger partial charge in [-0.3, -0.25) is 0 Å². The molecule has 0 N–H and O–H groups in total. The van der Waals surface area contributed by atoms with Crippen LogP contribution in [0.15, 0.2) is 24.4 Å². The van der Waals surface area contributed by atoms with Crippen LogP contribution < -0.4 is 4.74 Å². The summed E-state index contributed by atoms with van der Waals surface area (Å²) in [5.74, 6) is 2.07. The summed E-state index contributed by atoms with van der Waals surface area (Å²) < 4.78 is 7.38. The fourth-order valence-electron chi connectivity index (χ4n) is 2.20. The molecule has 0 fully saturated rings. The largest absolute Gasteiger partial charge is 0.496 e. The number of rotatable bonds is 4. The van der Waals surface area contributed by atoms with Crippen LogP contribution >= 0.6 is 0 Å². The van der Waals surface area contributed by atoms with Gasteiger partial charge in [0.2, 0.25) is 0 Å². The topological polar surface area (TPSA) is 50.8 Å². The Morgan fingerprint density at radius 3 is 2.75 bits per heavy atom. The van der Waals surface area contributed by atoms with Crippen LogP contribution in [0.25, 0.3) is 11.4 Å². The van der Waals surface area contributed by atoms with E-state index in [0.29, 0.717) is 12.3 Å². The Bertz CT molecular complexity index is 650. The molecule has 0 saturated carbocycles. The van der Waals surface area contributed by atoms with Crippen molar-refractivity contribution in [3.05, 3.63) is 35.7 Å². The predicted octanol–water partition coefficient (Wildman–Crippen LogP) is 3.29. The first-order chi connectivity index (χ1) is 9.56. The van der Waals surface area contributed by atoms with Crippen LogP contribution in [0.2, 0.25) is 0 Å². The Hall–Kier alpha value is -2.28. The highest BCUT2D eigenvalue weighted by Crippen LogP contribution is 2.32. The highest BCUT2D eigenvalue weighted by atomic mass is 16.5. The first-order valence-electron chi connectivity index (χ1n) is 6.64. The summed E-state index contributed by atoms with van der Waals surface area (Å²) in [4.78, 5) is 4.54. The second-order valence-electron chi connectivity index (χ2n) is 5.12. The van der Waals surface area contributed by atoms with Crippen LogP contribution in [-0.4, -0.2) is 16.7 Å². The number of aryl methyl sites for hydroxylation is 1. The number of aromatic nitrogens is 2. The highest BCUT2D eigenvalue weighted by Gasteiger charge is 2.14. The third-order valence-electron chi connectivity index (χ3n) is 3.32. The van der Waals surface area contributed by atoms with Crippen LogP contribution in [0.3, 0.4) is 0 Å². The van der Waals surface area contributed by atoms with E-state index in [4.69, 9.17) is 10.00 Å². The molecule has 0 aliphatic carbocycles. The molecule has 2 rings (SSSR count). The quantitative estimate of drug-likeness (QED) is 0.855. The van der Waals surface area contributed by atoms with Crippen molar-refractivity contribution in [1.29, 1.82) is 5.26 Å². The van der Waals surface area contributed by atoms with Gasteiger partial charge in [0.15, 0.2) is 0 Å². The molecule has 0 unspecified atom stereocenters. The average molecular weight is 269 g/mol. The minimum absolute atomic E-state index is 0.319. The maximum atomic E-state index is 8.78. The lowest BCUT2D eigenvalue weighted by molar-refractivity contribution is 0.415. The number of imidazole rings is 1. The summed E-state index contributed by atoms with van der Waals surface area (Å²) in [6.07, 6.45) is 2.21. The average Bonchev–Trinajstić information content (AvgIpc) is 2.79. The molecule has 1 heterocycles. The second kappa shape index (κ2) is 5.79. The van der Waals surface area contributed by atoms with Gasteiger partial charge in [0.25, 0.3) is 0 Å². The van der Waals surface area contributed by atoms with E-state index in [0.717, 1.165) is 22.8 Å². The van der Waals surface area contributed by atoms with Crippen molar-refractivity contribution in [1.82, 2.24) is 9.55 Å². The Morgan fingerprint density at radius 2 is 2.15 bits per heavy atom. The van der Waals surface area contributed by atoms with Gasteiger partial charge in [0.05, 0.1) is 30.9 Å². The third-order valence-corrected chi connectivity index (χ3v) is 3.32. The van der Waals surface area contributed by atoms with Gasteiger partial charge in [-0.2, -0.15) is 5.26 Å². The van der Waals surface area contributed by atoms with Gasteiger partial charge in [-0.15, -0.1) is 0 Å². The molecule has 2 aromatic rings. The SMILES string of the molecule is COc1ccc(C(C)C)cc1-c1nc(CC#N)cn1C. The zero-order valence-corrected chi connectivity index (χ0v) is 12.3. The summed E-state index contributed by atoms with van der Waals surface area (Å²) in [5, 5.41) is 8.78. The van der Waals surface area contributed by atoms with E-state index in [-0.39, 0.29) is 0 Å². The molecule has 4 nitrogen and oxygen atoms in total. The maximum Gasteiger partial charge on any atom is 0.143 e. The molecule has 0 bridgehead atoms. The number of hydrogen-bond donors (Lipinski definition) is 0. The van der Waals surface area contributed by atoms with Crippen molar-refractivity contribution >= 4 is 0 Å². The molecule has 0 saturated heterocycles. The maximum absolute atomic E-state index is 8.78. The van der Waals surface area contributed by atoms with Crippen LogP contribution in [0.4, 0.5) is 0 Å². The fraction of sp³-hybridized carbons (Fsp3) is 0.375. The molecular formula is C16H19N3O. The first-order valence-corrected chi connectivity index (χ1v) is 6.64. The van der Waals surface area contributed by atoms with E-state index in [1.165, 1.54) is 5.56 Å². The molecule has 0 radical (unpaired) electrons. The molecule has 20 heavy (non-hydrogen) atoms. The van der Waals surface area contributed by atoms with Crippen molar-refractivity contribution in [3.63, 3.8) is 0 Å². The number of nitriles is 1. The summed E-state index contributed by atoms with van der Waals surface area (Å²) in [6.45, 7) is 4.32. The number of nitrogens with zero attached hydrogens (tertiary/aromatic N) is 3. The molecule has 0 spiro atoms.